The van der Waals surface area contributed by atoms with Crippen LogP contribution in [0.15, 0.2) is 40.1 Å². The summed E-state index contributed by atoms with van der Waals surface area (Å²) in [5.74, 6) is 0.462. The monoisotopic (exact) mass is 328 g/mol. The molecule has 1 heterocycles. The molecule has 0 atom stereocenters. The fourth-order valence-corrected chi connectivity index (χ4v) is 4.65. The number of thiophene rings is 1. The molecule has 0 spiro atoms. The molecular formula is C13H12O4S3. The Hall–Kier alpha value is -1.31. The highest BCUT2D eigenvalue weighted by Crippen LogP contribution is 2.32. The Bertz CT molecular complexity index is 760. The molecule has 7 heteroatoms. The minimum absolute atomic E-state index is 0.133. The Labute approximate surface area is 126 Å². The molecule has 0 aliphatic carbocycles. The Morgan fingerprint density at radius 2 is 2.00 bits per heavy atom. The number of rotatable bonds is 4. The van der Waals surface area contributed by atoms with Gasteiger partial charge in [0.25, 0.3) is 0 Å². The van der Waals surface area contributed by atoms with E-state index in [2.05, 4.69) is 12.6 Å². The van der Waals surface area contributed by atoms with E-state index >= 15 is 0 Å². The Morgan fingerprint density at radius 3 is 2.55 bits per heavy atom. The summed E-state index contributed by atoms with van der Waals surface area (Å²) < 4.78 is 30.2. The van der Waals surface area contributed by atoms with Crippen LogP contribution in [-0.4, -0.2) is 20.6 Å². The number of hydrogen-bond donors (Lipinski definition) is 1. The zero-order chi connectivity index (χ0) is 14.9. The van der Waals surface area contributed by atoms with Gasteiger partial charge in [0.15, 0.2) is 0 Å². The third-order valence-corrected chi connectivity index (χ3v) is 6.17. The lowest BCUT2D eigenvalue weighted by atomic mass is 10.3. The zero-order valence-electron chi connectivity index (χ0n) is 10.8. The number of ether oxygens (including phenoxy) is 1. The first-order valence-electron chi connectivity index (χ1n) is 5.59. The van der Waals surface area contributed by atoms with E-state index in [1.54, 1.807) is 19.1 Å². The van der Waals surface area contributed by atoms with Gasteiger partial charge in [0.1, 0.15) is 5.75 Å². The lowest BCUT2D eigenvalue weighted by molar-refractivity contribution is 0.109. The molecule has 0 saturated heterocycles. The average molecular weight is 328 g/mol. The molecule has 0 aliphatic heterocycles. The van der Waals surface area contributed by atoms with Gasteiger partial charge in [-0.2, -0.15) is 0 Å². The molecule has 1 aromatic carbocycles. The van der Waals surface area contributed by atoms with Crippen molar-refractivity contribution < 1.29 is 17.9 Å². The largest absolute Gasteiger partial charge is 0.497 e. The fraction of sp³-hybridized carbons (Fsp3) is 0.154. The first kappa shape index (κ1) is 15.1. The van der Waals surface area contributed by atoms with Crippen molar-refractivity contribution in [1.29, 1.82) is 0 Å². The van der Waals surface area contributed by atoms with E-state index in [4.69, 9.17) is 4.74 Å². The average Bonchev–Trinajstić information content (AvgIpc) is 2.82. The van der Waals surface area contributed by atoms with Crippen LogP contribution in [0.5, 0.6) is 5.75 Å². The molecule has 0 N–H and O–H groups in total. The molecule has 106 valence electrons. The number of methoxy groups -OCH3 is 1. The molecule has 0 unspecified atom stereocenters. The van der Waals surface area contributed by atoms with E-state index in [9.17, 15) is 13.2 Å². The van der Waals surface area contributed by atoms with Crippen LogP contribution in [0, 0.1) is 6.92 Å². The van der Waals surface area contributed by atoms with Gasteiger partial charge in [0.2, 0.25) is 15.0 Å². The van der Waals surface area contributed by atoms with E-state index in [1.165, 1.54) is 25.3 Å². The second-order valence-electron chi connectivity index (χ2n) is 4.02. The number of hydrogen-bond acceptors (Lipinski definition) is 5. The molecule has 2 aromatic rings. The van der Waals surface area contributed by atoms with Gasteiger partial charge in [-0.15, -0.1) is 11.3 Å². The highest BCUT2D eigenvalue weighted by Gasteiger charge is 2.24. The zero-order valence-corrected chi connectivity index (χ0v) is 13.3. The van der Waals surface area contributed by atoms with Gasteiger partial charge in [0.05, 0.1) is 21.8 Å². The molecular weight excluding hydrogens is 316 g/mol. The van der Waals surface area contributed by atoms with Gasteiger partial charge < -0.3 is 4.74 Å². The minimum atomic E-state index is -3.67. The van der Waals surface area contributed by atoms with Crippen LogP contribution in [0.1, 0.15) is 14.5 Å². The van der Waals surface area contributed by atoms with Crippen molar-refractivity contribution in [1.82, 2.24) is 0 Å². The van der Waals surface area contributed by atoms with Gasteiger partial charge in [-0.05, 0) is 31.2 Å². The molecule has 20 heavy (non-hydrogen) atoms. The van der Waals surface area contributed by atoms with Crippen molar-refractivity contribution >= 4 is 38.9 Å². The SMILES string of the molecule is COc1cccc(S(=O)(=O)c2cc(C(=O)S)sc2C)c1. The van der Waals surface area contributed by atoms with Crippen LogP contribution in [-0.2, 0) is 9.84 Å². The van der Waals surface area contributed by atoms with Gasteiger partial charge in [-0.1, -0.05) is 18.7 Å². The van der Waals surface area contributed by atoms with Gasteiger partial charge in [-0.25, -0.2) is 8.42 Å². The molecule has 4 nitrogen and oxygen atoms in total. The fourth-order valence-electron chi connectivity index (χ4n) is 1.73. The summed E-state index contributed by atoms with van der Waals surface area (Å²) in [6, 6.07) is 7.59. The van der Waals surface area contributed by atoms with E-state index in [-0.39, 0.29) is 9.79 Å². The highest BCUT2D eigenvalue weighted by atomic mass is 32.2. The van der Waals surface area contributed by atoms with Crippen LogP contribution in [0.4, 0.5) is 0 Å². The van der Waals surface area contributed by atoms with Crippen molar-refractivity contribution in [2.45, 2.75) is 16.7 Å². The summed E-state index contributed by atoms with van der Waals surface area (Å²) in [5.41, 5.74) is 0. The summed E-state index contributed by atoms with van der Waals surface area (Å²) in [6.07, 6.45) is 0. The van der Waals surface area contributed by atoms with Crippen molar-refractivity contribution in [2.24, 2.45) is 0 Å². The number of sulfone groups is 1. The third-order valence-electron chi connectivity index (χ3n) is 2.72. The summed E-state index contributed by atoms with van der Waals surface area (Å²) in [4.78, 5) is 12.4. The predicted octanol–water partition coefficient (Wildman–Crippen LogP) is 2.97. The maximum atomic E-state index is 12.6. The molecule has 1 aromatic heterocycles. The van der Waals surface area contributed by atoms with Crippen molar-refractivity contribution in [3.63, 3.8) is 0 Å². The number of aryl methyl sites for hydroxylation is 1. The molecule has 0 bridgehead atoms. The minimum Gasteiger partial charge on any atom is -0.497 e. The Morgan fingerprint density at radius 1 is 1.30 bits per heavy atom. The maximum absolute atomic E-state index is 12.6. The van der Waals surface area contributed by atoms with E-state index in [0.29, 0.717) is 15.5 Å². The lowest BCUT2D eigenvalue weighted by Gasteiger charge is -2.05. The lowest BCUT2D eigenvalue weighted by Crippen LogP contribution is -2.02. The van der Waals surface area contributed by atoms with Crippen LogP contribution in [0.2, 0.25) is 0 Å². The summed E-state index contributed by atoms with van der Waals surface area (Å²) in [5, 5.41) is -0.440. The molecule has 0 aliphatic rings. The van der Waals surface area contributed by atoms with Crippen molar-refractivity contribution in [2.75, 3.05) is 7.11 Å². The van der Waals surface area contributed by atoms with Crippen molar-refractivity contribution in [3.05, 3.63) is 40.1 Å². The molecule has 0 radical (unpaired) electrons. The van der Waals surface area contributed by atoms with Crippen molar-refractivity contribution in [3.8, 4) is 5.75 Å². The van der Waals surface area contributed by atoms with Crippen LogP contribution < -0.4 is 4.74 Å². The standard InChI is InChI=1S/C13H12O4S3/c1-8-12(7-11(19-8)13(14)18)20(15,16)10-5-3-4-9(6-10)17-2/h3-7H,1-2H3,(H,14,18). The van der Waals surface area contributed by atoms with Crippen LogP contribution >= 0.6 is 24.0 Å². The number of benzene rings is 1. The van der Waals surface area contributed by atoms with Gasteiger partial charge in [0, 0.05) is 4.88 Å². The molecule has 0 fully saturated rings. The van der Waals surface area contributed by atoms with E-state index in [1.807, 2.05) is 0 Å². The normalized spacial score (nSPS) is 11.3. The van der Waals surface area contributed by atoms with Crippen LogP contribution in [0.25, 0.3) is 0 Å². The van der Waals surface area contributed by atoms with Crippen LogP contribution in [0.3, 0.4) is 0 Å². The smallest absolute Gasteiger partial charge is 0.226 e. The van der Waals surface area contributed by atoms with E-state index in [0.717, 1.165) is 11.3 Å². The summed E-state index contributed by atoms with van der Waals surface area (Å²) >= 11 is 4.84. The molecule has 0 saturated carbocycles. The Kier molecular flexibility index (Phi) is 4.22. The predicted molar refractivity (Wildman–Crippen MR) is 80.8 cm³/mol. The topological polar surface area (TPSA) is 60.4 Å². The quantitative estimate of drug-likeness (QED) is 0.877. The second kappa shape index (κ2) is 5.59. The maximum Gasteiger partial charge on any atom is 0.226 e. The molecule has 0 amide bonds. The second-order valence-corrected chi connectivity index (χ2v) is 7.60. The number of carbonyl (C=O) groups is 1. The number of thiol groups is 1. The summed E-state index contributed by atoms with van der Waals surface area (Å²) in [7, 11) is -2.20. The highest BCUT2D eigenvalue weighted by molar-refractivity contribution is 7.97. The summed E-state index contributed by atoms with van der Waals surface area (Å²) in [6.45, 7) is 1.66. The Balaban J connectivity index is 2.57. The van der Waals surface area contributed by atoms with E-state index < -0.39 is 15.0 Å². The molecule has 2 rings (SSSR count). The first-order valence-corrected chi connectivity index (χ1v) is 8.34. The third kappa shape index (κ3) is 2.74. The van der Waals surface area contributed by atoms with Gasteiger partial charge >= 0.3 is 0 Å². The van der Waals surface area contributed by atoms with Gasteiger partial charge in [-0.3, -0.25) is 4.79 Å². The first-order chi connectivity index (χ1) is 9.36. The number of carbonyl (C=O) groups excluding carboxylic acids is 1.